The molecular formula is C16H24ClNO2. The van der Waals surface area contributed by atoms with Gasteiger partial charge in [-0.15, -0.1) is 0 Å². The first kappa shape index (κ1) is 15.6. The van der Waals surface area contributed by atoms with Gasteiger partial charge in [0, 0.05) is 35.2 Å². The molecule has 0 radical (unpaired) electrons. The van der Waals surface area contributed by atoms with Gasteiger partial charge in [-0.25, -0.2) is 0 Å². The van der Waals surface area contributed by atoms with Gasteiger partial charge in [0.25, 0.3) is 0 Å². The molecule has 4 heteroatoms. The Morgan fingerprint density at radius 3 is 2.85 bits per heavy atom. The second kappa shape index (κ2) is 6.79. The van der Waals surface area contributed by atoms with Crippen molar-refractivity contribution in [1.82, 2.24) is 5.32 Å². The quantitative estimate of drug-likeness (QED) is 0.900. The smallest absolute Gasteiger partial charge is 0.123 e. The second-order valence-corrected chi connectivity index (χ2v) is 6.83. The molecule has 1 N–H and O–H groups in total. The molecule has 1 aromatic rings. The number of nitrogens with one attached hydrogen (secondary N) is 1. The highest BCUT2D eigenvalue weighted by Gasteiger charge is 2.17. The number of benzene rings is 1. The van der Waals surface area contributed by atoms with E-state index in [1.807, 2.05) is 18.2 Å². The van der Waals surface area contributed by atoms with E-state index in [-0.39, 0.29) is 5.54 Å². The molecule has 0 spiro atoms. The third-order valence-electron chi connectivity index (χ3n) is 3.33. The highest BCUT2D eigenvalue weighted by molar-refractivity contribution is 6.30. The molecule has 0 aromatic heterocycles. The van der Waals surface area contributed by atoms with Gasteiger partial charge in [-0.05, 0) is 45.4 Å². The van der Waals surface area contributed by atoms with Crippen molar-refractivity contribution in [2.75, 3.05) is 19.8 Å². The molecule has 3 nitrogen and oxygen atoms in total. The van der Waals surface area contributed by atoms with Crippen LogP contribution in [0.3, 0.4) is 0 Å². The highest BCUT2D eigenvalue weighted by atomic mass is 35.5. The topological polar surface area (TPSA) is 30.5 Å². The molecule has 112 valence electrons. The Kier molecular flexibility index (Phi) is 5.30. The molecule has 1 heterocycles. The van der Waals surface area contributed by atoms with E-state index < -0.39 is 0 Å². The Hall–Kier alpha value is -0.770. The van der Waals surface area contributed by atoms with Crippen LogP contribution in [0.25, 0.3) is 0 Å². The minimum Gasteiger partial charge on any atom is -0.493 e. The molecule has 2 rings (SSSR count). The zero-order chi connectivity index (χ0) is 14.6. The molecule has 1 aromatic carbocycles. The number of hydrogen-bond acceptors (Lipinski definition) is 3. The molecule has 1 unspecified atom stereocenters. The van der Waals surface area contributed by atoms with Crippen molar-refractivity contribution in [3.8, 4) is 5.75 Å². The first-order valence-corrected chi connectivity index (χ1v) is 7.56. The summed E-state index contributed by atoms with van der Waals surface area (Å²) < 4.78 is 11.3. The van der Waals surface area contributed by atoms with Crippen molar-refractivity contribution < 1.29 is 9.47 Å². The summed E-state index contributed by atoms with van der Waals surface area (Å²) in [5.41, 5.74) is 1.17. The molecule has 1 aliphatic rings. The van der Waals surface area contributed by atoms with E-state index >= 15 is 0 Å². The van der Waals surface area contributed by atoms with Crippen LogP contribution in [0.4, 0.5) is 0 Å². The van der Waals surface area contributed by atoms with Gasteiger partial charge in [0.1, 0.15) is 5.75 Å². The SMILES string of the molecule is CC(C)(C)NCc1cc(Cl)ccc1OCC1CCOC1. The Balaban J connectivity index is 1.99. The lowest BCUT2D eigenvalue weighted by Crippen LogP contribution is -2.35. The minimum atomic E-state index is 0.0683. The zero-order valence-electron chi connectivity index (χ0n) is 12.5. The maximum absolute atomic E-state index is 6.09. The maximum Gasteiger partial charge on any atom is 0.123 e. The number of rotatable bonds is 5. The van der Waals surface area contributed by atoms with E-state index in [0.29, 0.717) is 12.5 Å². The van der Waals surface area contributed by atoms with Crippen molar-refractivity contribution in [2.24, 2.45) is 5.92 Å². The van der Waals surface area contributed by atoms with Gasteiger partial charge < -0.3 is 14.8 Å². The fraction of sp³-hybridized carbons (Fsp3) is 0.625. The van der Waals surface area contributed by atoms with E-state index in [9.17, 15) is 0 Å². The Morgan fingerprint density at radius 2 is 2.20 bits per heavy atom. The van der Waals surface area contributed by atoms with Crippen LogP contribution in [0, 0.1) is 5.92 Å². The van der Waals surface area contributed by atoms with Crippen LogP contribution in [0.2, 0.25) is 5.02 Å². The van der Waals surface area contributed by atoms with E-state index in [4.69, 9.17) is 21.1 Å². The van der Waals surface area contributed by atoms with Crippen molar-refractivity contribution >= 4 is 11.6 Å². The number of hydrogen-bond donors (Lipinski definition) is 1. The number of halogens is 1. The van der Waals surface area contributed by atoms with Crippen LogP contribution < -0.4 is 10.1 Å². The Labute approximate surface area is 126 Å². The third-order valence-corrected chi connectivity index (χ3v) is 3.57. The summed E-state index contributed by atoms with van der Waals surface area (Å²) in [4.78, 5) is 0. The summed E-state index contributed by atoms with van der Waals surface area (Å²) in [6.07, 6.45) is 1.09. The van der Waals surface area contributed by atoms with Crippen molar-refractivity contribution in [1.29, 1.82) is 0 Å². The first-order chi connectivity index (χ1) is 9.44. The average molecular weight is 298 g/mol. The van der Waals surface area contributed by atoms with Crippen LogP contribution in [-0.4, -0.2) is 25.4 Å². The van der Waals surface area contributed by atoms with Crippen molar-refractivity contribution in [2.45, 2.75) is 39.3 Å². The lowest BCUT2D eigenvalue weighted by Gasteiger charge is -2.22. The van der Waals surface area contributed by atoms with Gasteiger partial charge in [0.2, 0.25) is 0 Å². The lowest BCUT2D eigenvalue weighted by atomic mass is 10.1. The molecule has 20 heavy (non-hydrogen) atoms. The summed E-state index contributed by atoms with van der Waals surface area (Å²) in [5.74, 6) is 1.42. The normalized spacial score (nSPS) is 19.3. The summed E-state index contributed by atoms with van der Waals surface area (Å²) >= 11 is 6.09. The molecule has 0 bridgehead atoms. The van der Waals surface area contributed by atoms with Crippen LogP contribution in [0.5, 0.6) is 5.75 Å². The average Bonchev–Trinajstić information content (AvgIpc) is 2.87. The molecule has 0 saturated carbocycles. The lowest BCUT2D eigenvalue weighted by molar-refractivity contribution is 0.166. The largest absolute Gasteiger partial charge is 0.493 e. The zero-order valence-corrected chi connectivity index (χ0v) is 13.3. The predicted molar refractivity (Wildman–Crippen MR) is 82.5 cm³/mol. The summed E-state index contributed by atoms with van der Waals surface area (Å²) in [5, 5.41) is 4.21. The summed E-state index contributed by atoms with van der Waals surface area (Å²) in [6.45, 7) is 9.57. The molecular weight excluding hydrogens is 274 g/mol. The van der Waals surface area contributed by atoms with Gasteiger partial charge in [-0.3, -0.25) is 0 Å². The fourth-order valence-corrected chi connectivity index (χ4v) is 2.30. The van der Waals surface area contributed by atoms with Gasteiger partial charge >= 0.3 is 0 Å². The van der Waals surface area contributed by atoms with Gasteiger partial charge in [0.15, 0.2) is 0 Å². The third kappa shape index (κ3) is 4.97. The molecule has 1 atom stereocenters. The van der Waals surface area contributed by atoms with Crippen molar-refractivity contribution in [3.05, 3.63) is 28.8 Å². The minimum absolute atomic E-state index is 0.0683. The van der Waals surface area contributed by atoms with E-state index in [1.54, 1.807) is 0 Å². The van der Waals surface area contributed by atoms with E-state index in [2.05, 4.69) is 26.1 Å². The van der Waals surface area contributed by atoms with Gasteiger partial charge in [0.05, 0.1) is 13.2 Å². The van der Waals surface area contributed by atoms with Gasteiger partial charge in [-0.1, -0.05) is 11.6 Å². The Morgan fingerprint density at radius 1 is 1.40 bits per heavy atom. The summed E-state index contributed by atoms with van der Waals surface area (Å²) in [6, 6.07) is 5.81. The molecule has 1 fully saturated rings. The van der Waals surface area contributed by atoms with Gasteiger partial charge in [-0.2, -0.15) is 0 Å². The van der Waals surface area contributed by atoms with E-state index in [0.717, 1.165) is 42.5 Å². The molecule has 0 amide bonds. The monoisotopic (exact) mass is 297 g/mol. The molecule has 1 aliphatic heterocycles. The van der Waals surface area contributed by atoms with Crippen LogP contribution in [-0.2, 0) is 11.3 Å². The Bertz CT molecular complexity index is 437. The van der Waals surface area contributed by atoms with E-state index in [1.165, 1.54) is 0 Å². The van der Waals surface area contributed by atoms with Crippen LogP contribution >= 0.6 is 11.6 Å². The highest BCUT2D eigenvalue weighted by Crippen LogP contribution is 2.25. The molecule has 0 aliphatic carbocycles. The number of ether oxygens (including phenoxy) is 2. The maximum atomic E-state index is 6.09. The van der Waals surface area contributed by atoms with Crippen molar-refractivity contribution in [3.63, 3.8) is 0 Å². The second-order valence-electron chi connectivity index (χ2n) is 6.40. The fourth-order valence-electron chi connectivity index (χ4n) is 2.11. The first-order valence-electron chi connectivity index (χ1n) is 7.18. The van der Waals surface area contributed by atoms with Crippen LogP contribution in [0.15, 0.2) is 18.2 Å². The van der Waals surface area contributed by atoms with Crippen LogP contribution in [0.1, 0.15) is 32.8 Å². The summed E-state index contributed by atoms with van der Waals surface area (Å²) in [7, 11) is 0. The predicted octanol–water partition coefficient (Wildman–Crippen LogP) is 3.64. The molecule has 1 saturated heterocycles. The standard InChI is InChI=1S/C16H24ClNO2/c1-16(2,3)18-9-13-8-14(17)4-5-15(13)20-11-12-6-7-19-10-12/h4-5,8,12,18H,6-7,9-11H2,1-3H3.